The van der Waals surface area contributed by atoms with Crippen molar-refractivity contribution in [2.45, 2.75) is 167 Å². The summed E-state index contributed by atoms with van der Waals surface area (Å²) in [5, 5.41) is 0.793. The van der Waals surface area contributed by atoms with E-state index < -0.39 is 94.8 Å². The molecule has 0 aromatic rings. The van der Waals surface area contributed by atoms with Gasteiger partial charge >= 0.3 is 58.3 Å². The Hall–Kier alpha value is -0.210. The first kappa shape index (κ1) is 93.9. The molecule has 1 aliphatic carbocycles. The van der Waals surface area contributed by atoms with E-state index in [2.05, 4.69) is 177 Å². The highest BCUT2D eigenvalue weighted by Gasteiger charge is 2.64. The van der Waals surface area contributed by atoms with Gasteiger partial charge in [-0.05, 0) is 118 Å². The molecule has 0 aliphatic heterocycles. The molecule has 0 radical (unpaired) electrons. The summed E-state index contributed by atoms with van der Waals surface area (Å²) in [5.74, 6) is -3.21. The Bertz CT molecular complexity index is 1710. The summed E-state index contributed by atoms with van der Waals surface area (Å²) in [6.45, 7) is 60.8. The zero-order valence-corrected chi connectivity index (χ0v) is 57.4. The molecular formula is C44H109F2N7O24P6. The highest BCUT2D eigenvalue weighted by atomic mass is 31.2. The van der Waals surface area contributed by atoms with Crippen LogP contribution in [0.2, 0.25) is 0 Å². The summed E-state index contributed by atoms with van der Waals surface area (Å²) in [5.41, 5.74) is -5.83. The smallest absolute Gasteiger partial charge is 0.342 e. The Morgan fingerprint density at radius 2 is 0.458 bits per heavy atom. The van der Waals surface area contributed by atoms with Gasteiger partial charge in [0.15, 0.2) is 0 Å². The summed E-state index contributed by atoms with van der Waals surface area (Å²) >= 11 is 0. The van der Waals surface area contributed by atoms with E-state index in [0.29, 0.717) is 0 Å². The predicted octanol–water partition coefficient (Wildman–Crippen LogP) is 4.73. The number of carbonyl (C=O) groups is 1. The molecule has 1 aliphatic rings. The molecule has 1 amide bonds. The number of phosphoric ester groups is 5. The van der Waals surface area contributed by atoms with Gasteiger partial charge < -0.3 is 93.4 Å². The highest BCUT2D eigenvalue weighted by Crippen LogP contribution is 2.56. The number of nitrogens with zero attached hydrogens (tertiary/aromatic N) is 6. The maximum atomic E-state index is 14.0. The third-order valence-electron chi connectivity index (χ3n) is 12.3. The fraction of sp³-hybridized carbons (Fsp3) is 0.977. The maximum Gasteiger partial charge on any atom is 0.470 e. The monoisotopic (exact) mass is 1340 g/mol. The Labute approximate surface area is 492 Å². The van der Waals surface area contributed by atoms with Crippen LogP contribution >= 0.6 is 46.7 Å². The third-order valence-corrected chi connectivity index (χ3v) is 15.8. The highest BCUT2D eigenvalue weighted by molar-refractivity contribution is 7.54. The average molecular weight is 1340 g/mol. The largest absolute Gasteiger partial charge is 0.470 e. The normalized spacial score (nSPS) is 18.8. The lowest BCUT2D eigenvalue weighted by molar-refractivity contribution is -0.177. The standard InChI is InChI=1S/C8H19F2NO24P6.6C6H15N/c9-8(10,36(13,14)15)7(12)11-1-2(31-37(16,17)18)4(33-39(22,23)24)6(35-41(28,29)30)5(34-40(25,26)27)3(1)32-38(19,20)21;6*1-4-7(5-2)6-3/h1-6H,(H,11,12)(H2,13,14,15)(H2,16,17,18)(H2,19,20,21)(H2,22,23,24)(H2,25,26,27)(H2,28,29,30);6*4-6H2,1-3H3/t1?,2-,3+,4+,5-,6?;;;;;;. The number of amides is 1. The molecule has 0 aromatic carbocycles. The van der Waals surface area contributed by atoms with Crippen molar-refractivity contribution < 1.29 is 122 Å². The first-order chi connectivity index (χ1) is 37.8. The van der Waals surface area contributed by atoms with Gasteiger partial charge in [-0.2, -0.15) is 8.78 Å². The molecule has 13 N–H and O–H groups in total. The van der Waals surface area contributed by atoms with Gasteiger partial charge in [-0.25, -0.2) is 22.8 Å². The number of nitrogens with one attached hydrogen (secondary N) is 1. The van der Waals surface area contributed by atoms with E-state index in [1.807, 2.05) is 0 Å². The van der Waals surface area contributed by atoms with Crippen LogP contribution < -0.4 is 5.32 Å². The summed E-state index contributed by atoms with van der Waals surface area (Å²) < 4.78 is 117. The van der Waals surface area contributed by atoms with Gasteiger partial charge in [0.25, 0.3) is 0 Å². The molecule has 0 aromatic heterocycles. The Morgan fingerprint density at radius 3 is 0.566 bits per heavy atom. The molecule has 1 rings (SSSR count). The second-order valence-corrected chi connectivity index (χ2v) is 24.7. The minimum absolute atomic E-state index is 0.793. The Kier molecular flexibility index (Phi) is 55.0. The number of halogens is 2. The van der Waals surface area contributed by atoms with Crippen LogP contribution in [0.3, 0.4) is 0 Å². The van der Waals surface area contributed by atoms with Crippen LogP contribution in [0.5, 0.6) is 0 Å². The van der Waals surface area contributed by atoms with Crippen molar-refractivity contribution in [2.75, 3.05) is 118 Å². The predicted molar refractivity (Wildman–Crippen MR) is 314 cm³/mol. The van der Waals surface area contributed by atoms with Crippen molar-refractivity contribution >= 4 is 52.6 Å². The molecule has 31 nitrogen and oxygen atoms in total. The number of phosphoric acid groups is 5. The number of hydrogen-bond acceptors (Lipinski definition) is 18. The fourth-order valence-electron chi connectivity index (χ4n) is 7.12. The molecule has 0 saturated heterocycles. The van der Waals surface area contributed by atoms with Crippen LogP contribution in [0.1, 0.15) is 125 Å². The van der Waals surface area contributed by atoms with Gasteiger partial charge in [0.2, 0.25) is 0 Å². The van der Waals surface area contributed by atoms with Crippen molar-refractivity contribution in [3.05, 3.63) is 0 Å². The van der Waals surface area contributed by atoms with Crippen molar-refractivity contribution in [1.29, 1.82) is 0 Å². The minimum atomic E-state index is -6.82. The van der Waals surface area contributed by atoms with Gasteiger partial charge in [0, 0.05) is 0 Å². The van der Waals surface area contributed by atoms with Crippen LogP contribution in [0.15, 0.2) is 0 Å². The van der Waals surface area contributed by atoms with Gasteiger partial charge in [-0.3, -0.25) is 32.0 Å². The van der Waals surface area contributed by atoms with E-state index in [4.69, 9.17) is 9.79 Å². The van der Waals surface area contributed by atoms with Crippen LogP contribution in [-0.2, 0) is 54.8 Å². The lowest BCUT2D eigenvalue weighted by Crippen LogP contribution is -2.71. The lowest BCUT2D eigenvalue weighted by atomic mass is 9.83. The molecule has 0 spiro atoms. The van der Waals surface area contributed by atoms with E-state index in [9.17, 15) is 89.9 Å². The zero-order valence-electron chi connectivity index (χ0n) is 52.1. The van der Waals surface area contributed by atoms with E-state index >= 15 is 0 Å². The maximum absolute atomic E-state index is 14.0. The van der Waals surface area contributed by atoms with Gasteiger partial charge in [0.1, 0.15) is 30.5 Å². The number of rotatable bonds is 31. The Morgan fingerprint density at radius 1 is 0.325 bits per heavy atom. The molecule has 0 bridgehead atoms. The zero-order chi connectivity index (χ0) is 67.0. The SMILES string of the molecule is CCN(CC)CC.CCN(CC)CC.CCN(CC)CC.CCN(CC)CC.CCN(CC)CC.CCN(CC)CC.O=C(NC1[C@@H](OP(=O)(O)O)[C@H](OP(=O)(O)O)C(OP(=O)(O)O)[C@H](OP(=O)(O)O)[C@H]1OP(=O)(O)O)C(F)(F)P(=O)(O)O. The van der Waals surface area contributed by atoms with Crippen molar-refractivity contribution in [2.24, 2.45) is 0 Å². The molecule has 508 valence electrons. The third kappa shape index (κ3) is 48.3. The summed E-state index contributed by atoms with van der Waals surface area (Å²) in [7, 11) is -37.8. The second-order valence-electron chi connectivity index (χ2n) is 17.1. The molecule has 0 heterocycles. The van der Waals surface area contributed by atoms with E-state index in [0.717, 1.165) is 5.32 Å². The number of alkyl halides is 2. The van der Waals surface area contributed by atoms with Crippen LogP contribution in [0.4, 0.5) is 8.78 Å². The molecule has 6 atom stereocenters. The van der Waals surface area contributed by atoms with Gasteiger partial charge in [-0.1, -0.05) is 125 Å². The van der Waals surface area contributed by atoms with E-state index in [-0.39, 0.29) is 0 Å². The van der Waals surface area contributed by atoms with E-state index in [1.54, 1.807) is 0 Å². The summed E-state index contributed by atoms with van der Waals surface area (Å²) in [6, 6.07) is -3.33. The van der Waals surface area contributed by atoms with Crippen LogP contribution in [-0.4, -0.2) is 254 Å². The van der Waals surface area contributed by atoms with Crippen molar-refractivity contribution in [3.63, 3.8) is 0 Å². The topological polar surface area (TPSA) is 440 Å². The van der Waals surface area contributed by atoms with Crippen LogP contribution in [0, 0.1) is 0 Å². The van der Waals surface area contributed by atoms with Gasteiger partial charge in [0.05, 0.1) is 6.04 Å². The second kappa shape index (κ2) is 48.6. The molecular weight excluding hydrogens is 1230 g/mol. The lowest BCUT2D eigenvalue weighted by Gasteiger charge is -2.49. The van der Waals surface area contributed by atoms with E-state index in [1.165, 1.54) is 118 Å². The summed E-state index contributed by atoms with van der Waals surface area (Å²) in [6.07, 6.45) is -16.8. The molecule has 1 fully saturated rings. The number of hydrogen-bond donors (Lipinski definition) is 13. The van der Waals surface area contributed by atoms with Crippen LogP contribution in [0.25, 0.3) is 0 Å². The first-order valence-corrected chi connectivity index (χ1v) is 36.9. The minimum Gasteiger partial charge on any atom is -0.342 e. The molecule has 2 unspecified atom stereocenters. The first-order valence-electron chi connectivity index (χ1n) is 27.6. The molecule has 83 heavy (non-hydrogen) atoms. The van der Waals surface area contributed by atoms with Gasteiger partial charge in [-0.15, -0.1) is 0 Å². The Balaban J connectivity index is -0.000000279. The number of carbonyl (C=O) groups excluding carboxylic acids is 1. The van der Waals surface area contributed by atoms with Crippen molar-refractivity contribution in [3.8, 4) is 0 Å². The average Bonchev–Trinajstić information content (AvgIpc) is 3.37. The fourth-order valence-corrected chi connectivity index (χ4v) is 10.3. The van der Waals surface area contributed by atoms with Crippen molar-refractivity contribution in [1.82, 2.24) is 34.7 Å². The summed E-state index contributed by atoms with van der Waals surface area (Å²) in [4.78, 5) is 136. The quantitative estimate of drug-likeness (QED) is 0.0417. The molecule has 1 saturated carbocycles. The molecule has 39 heteroatoms.